The molecule has 94 valence electrons. The van der Waals surface area contributed by atoms with E-state index in [0.29, 0.717) is 34.4 Å². The number of carbonyl (C=O) groups is 1. The van der Waals surface area contributed by atoms with Crippen molar-refractivity contribution in [2.45, 2.75) is 13.8 Å². The zero-order valence-electron chi connectivity index (χ0n) is 10.1. The molecule has 0 heterocycles. The monoisotopic (exact) mass is 275 g/mol. The van der Waals surface area contributed by atoms with Gasteiger partial charge in [0.1, 0.15) is 5.75 Å². The molecule has 0 aliphatic heterocycles. The van der Waals surface area contributed by atoms with Gasteiger partial charge in [0.25, 0.3) is 5.91 Å². The molecule has 0 aromatic heterocycles. The molecule has 3 nitrogen and oxygen atoms in total. The minimum Gasteiger partial charge on any atom is -0.495 e. The Morgan fingerprint density at radius 1 is 1.24 bits per heavy atom. The van der Waals surface area contributed by atoms with E-state index in [1.54, 1.807) is 17.0 Å². The fraction of sp³-hybridized carbons (Fsp3) is 0.417. The summed E-state index contributed by atoms with van der Waals surface area (Å²) in [5.41, 5.74) is 0.404. The summed E-state index contributed by atoms with van der Waals surface area (Å²) in [5, 5.41) is 0.732. The Bertz CT molecular complexity index is 417. The molecule has 0 N–H and O–H groups in total. The van der Waals surface area contributed by atoms with Gasteiger partial charge in [-0.1, -0.05) is 23.2 Å². The van der Waals surface area contributed by atoms with Crippen molar-refractivity contribution in [3.05, 3.63) is 27.7 Å². The zero-order chi connectivity index (χ0) is 13.0. The first-order valence-corrected chi connectivity index (χ1v) is 6.13. The summed E-state index contributed by atoms with van der Waals surface area (Å²) in [5.74, 6) is 0.345. The molecule has 0 unspecified atom stereocenters. The highest BCUT2D eigenvalue weighted by Gasteiger charge is 2.18. The molecule has 1 amide bonds. The summed E-state index contributed by atoms with van der Waals surface area (Å²) in [6, 6.07) is 3.10. The summed E-state index contributed by atoms with van der Waals surface area (Å²) < 4.78 is 5.03. The number of ether oxygens (including phenoxy) is 1. The molecule has 17 heavy (non-hydrogen) atoms. The zero-order valence-corrected chi connectivity index (χ0v) is 11.6. The van der Waals surface area contributed by atoms with Crippen LogP contribution in [0, 0.1) is 0 Å². The molecule has 0 atom stereocenters. The Hall–Kier alpha value is -0.930. The van der Waals surface area contributed by atoms with Crippen molar-refractivity contribution in [2.24, 2.45) is 0 Å². The Morgan fingerprint density at radius 3 is 2.29 bits per heavy atom. The van der Waals surface area contributed by atoms with E-state index in [2.05, 4.69) is 0 Å². The third-order valence-corrected chi connectivity index (χ3v) is 3.13. The van der Waals surface area contributed by atoms with Crippen molar-refractivity contribution in [2.75, 3.05) is 20.2 Å². The molecule has 0 aliphatic rings. The van der Waals surface area contributed by atoms with Crippen LogP contribution in [0.2, 0.25) is 10.0 Å². The smallest absolute Gasteiger partial charge is 0.255 e. The number of benzene rings is 1. The van der Waals surface area contributed by atoms with Gasteiger partial charge in [-0.3, -0.25) is 4.79 Å². The van der Waals surface area contributed by atoms with Crippen LogP contribution in [-0.2, 0) is 0 Å². The maximum Gasteiger partial charge on any atom is 0.255 e. The van der Waals surface area contributed by atoms with E-state index in [1.807, 2.05) is 13.8 Å². The third kappa shape index (κ3) is 3.05. The van der Waals surface area contributed by atoms with Crippen LogP contribution >= 0.6 is 23.2 Å². The molecule has 0 bridgehead atoms. The van der Waals surface area contributed by atoms with E-state index in [1.165, 1.54) is 7.11 Å². The summed E-state index contributed by atoms with van der Waals surface area (Å²) in [6.45, 7) is 5.10. The number of halogens is 2. The molecule has 0 fully saturated rings. The molecule has 0 spiro atoms. The molecule has 1 aromatic rings. The van der Waals surface area contributed by atoms with Crippen LogP contribution in [0.4, 0.5) is 0 Å². The van der Waals surface area contributed by atoms with Gasteiger partial charge in [-0.2, -0.15) is 0 Å². The second-order valence-electron chi connectivity index (χ2n) is 3.44. The van der Waals surface area contributed by atoms with Crippen LogP contribution in [0.3, 0.4) is 0 Å². The maximum absolute atomic E-state index is 12.1. The second-order valence-corrected chi connectivity index (χ2v) is 4.26. The van der Waals surface area contributed by atoms with E-state index >= 15 is 0 Å². The van der Waals surface area contributed by atoms with E-state index in [-0.39, 0.29) is 5.91 Å². The van der Waals surface area contributed by atoms with Crippen LogP contribution in [-0.4, -0.2) is 31.0 Å². The number of carbonyl (C=O) groups excluding carboxylic acids is 1. The molecular weight excluding hydrogens is 261 g/mol. The van der Waals surface area contributed by atoms with Crippen molar-refractivity contribution in [1.29, 1.82) is 0 Å². The molecule has 5 heteroatoms. The number of nitrogens with zero attached hydrogens (tertiary/aromatic N) is 1. The van der Waals surface area contributed by atoms with E-state index in [4.69, 9.17) is 27.9 Å². The normalized spacial score (nSPS) is 10.2. The lowest BCUT2D eigenvalue weighted by atomic mass is 10.2. The lowest BCUT2D eigenvalue weighted by molar-refractivity contribution is 0.0773. The summed E-state index contributed by atoms with van der Waals surface area (Å²) >= 11 is 12.0. The number of hydrogen-bond donors (Lipinski definition) is 0. The van der Waals surface area contributed by atoms with Crippen molar-refractivity contribution >= 4 is 29.1 Å². The highest BCUT2D eigenvalue weighted by atomic mass is 35.5. The average molecular weight is 276 g/mol. The maximum atomic E-state index is 12.1. The van der Waals surface area contributed by atoms with Crippen molar-refractivity contribution in [1.82, 2.24) is 4.90 Å². The highest BCUT2D eigenvalue weighted by molar-refractivity contribution is 6.36. The standard InChI is InChI=1S/C12H15Cl2NO2/c1-4-15(5-2)12(16)8-6-10(14)11(17-3)7-9(8)13/h6-7H,4-5H2,1-3H3. The highest BCUT2D eigenvalue weighted by Crippen LogP contribution is 2.31. The van der Waals surface area contributed by atoms with Gasteiger partial charge in [-0.05, 0) is 19.9 Å². The minimum absolute atomic E-state index is 0.121. The number of rotatable bonds is 4. The van der Waals surface area contributed by atoms with Gasteiger partial charge in [-0.25, -0.2) is 0 Å². The fourth-order valence-corrected chi connectivity index (χ4v) is 2.01. The first kappa shape index (κ1) is 14.1. The van der Waals surface area contributed by atoms with Crippen LogP contribution in [0.15, 0.2) is 12.1 Å². The summed E-state index contributed by atoms with van der Waals surface area (Å²) in [6.07, 6.45) is 0. The largest absolute Gasteiger partial charge is 0.495 e. The number of amides is 1. The first-order chi connectivity index (χ1) is 8.04. The molecule has 1 aromatic carbocycles. The van der Waals surface area contributed by atoms with Gasteiger partial charge >= 0.3 is 0 Å². The number of hydrogen-bond acceptors (Lipinski definition) is 2. The third-order valence-electron chi connectivity index (χ3n) is 2.52. The first-order valence-electron chi connectivity index (χ1n) is 5.37. The molecular formula is C12H15Cl2NO2. The summed E-state index contributed by atoms with van der Waals surface area (Å²) in [7, 11) is 1.50. The Kier molecular flexibility index (Phi) is 5.09. The van der Waals surface area contributed by atoms with Gasteiger partial charge < -0.3 is 9.64 Å². The average Bonchev–Trinajstić information content (AvgIpc) is 2.32. The van der Waals surface area contributed by atoms with Gasteiger partial charge in [0.2, 0.25) is 0 Å². The van der Waals surface area contributed by atoms with Crippen molar-refractivity contribution in [3.63, 3.8) is 0 Å². The van der Waals surface area contributed by atoms with Crippen LogP contribution in [0.1, 0.15) is 24.2 Å². The van der Waals surface area contributed by atoms with Crippen LogP contribution < -0.4 is 4.74 Å². The van der Waals surface area contributed by atoms with Gasteiger partial charge in [0.15, 0.2) is 0 Å². The van der Waals surface area contributed by atoms with E-state index in [0.717, 1.165) is 0 Å². The molecule has 0 saturated heterocycles. The predicted molar refractivity (Wildman–Crippen MR) is 70.3 cm³/mol. The van der Waals surface area contributed by atoms with E-state index < -0.39 is 0 Å². The summed E-state index contributed by atoms with van der Waals surface area (Å²) in [4.78, 5) is 13.8. The van der Waals surface area contributed by atoms with Gasteiger partial charge in [-0.15, -0.1) is 0 Å². The quantitative estimate of drug-likeness (QED) is 0.842. The van der Waals surface area contributed by atoms with Crippen molar-refractivity contribution < 1.29 is 9.53 Å². The van der Waals surface area contributed by atoms with Crippen LogP contribution in [0.5, 0.6) is 5.75 Å². The topological polar surface area (TPSA) is 29.5 Å². The Morgan fingerprint density at radius 2 is 1.82 bits per heavy atom. The molecule has 0 radical (unpaired) electrons. The fourth-order valence-electron chi connectivity index (χ4n) is 1.53. The van der Waals surface area contributed by atoms with Gasteiger partial charge in [0, 0.05) is 19.2 Å². The lowest BCUT2D eigenvalue weighted by Gasteiger charge is -2.19. The SMILES string of the molecule is CCN(CC)C(=O)c1cc(Cl)c(OC)cc1Cl. The van der Waals surface area contributed by atoms with Crippen molar-refractivity contribution in [3.8, 4) is 5.75 Å². The Balaban J connectivity index is 3.14. The molecule has 0 aliphatic carbocycles. The Labute approximate surface area is 111 Å². The second kappa shape index (κ2) is 6.12. The molecule has 0 saturated carbocycles. The van der Waals surface area contributed by atoms with Crippen LogP contribution in [0.25, 0.3) is 0 Å². The van der Waals surface area contributed by atoms with Gasteiger partial charge in [0.05, 0.1) is 22.7 Å². The predicted octanol–water partition coefficient (Wildman–Crippen LogP) is 3.48. The lowest BCUT2D eigenvalue weighted by Crippen LogP contribution is -2.30. The van der Waals surface area contributed by atoms with E-state index in [9.17, 15) is 4.79 Å². The minimum atomic E-state index is -0.121. The molecule has 1 rings (SSSR count). The number of methoxy groups -OCH3 is 1.